The van der Waals surface area contributed by atoms with Crippen molar-refractivity contribution in [2.45, 2.75) is 37.2 Å². The lowest BCUT2D eigenvalue weighted by Gasteiger charge is -2.20. The summed E-state index contributed by atoms with van der Waals surface area (Å²) in [6.07, 6.45) is -5.49. The van der Waals surface area contributed by atoms with Crippen LogP contribution in [0.1, 0.15) is 23.8 Å². The number of aliphatic carboxylic acids is 2. The number of rotatable bonds is 5. The van der Waals surface area contributed by atoms with Crippen molar-refractivity contribution in [2.75, 3.05) is 13.1 Å². The van der Waals surface area contributed by atoms with Crippen LogP contribution in [-0.2, 0) is 20.8 Å². The zero-order valence-corrected chi connectivity index (χ0v) is 22.7. The van der Waals surface area contributed by atoms with Gasteiger partial charge < -0.3 is 25.4 Å². The van der Waals surface area contributed by atoms with Gasteiger partial charge in [0, 0.05) is 35.5 Å². The molecule has 0 radical (unpaired) electrons. The zero-order valence-electron chi connectivity index (χ0n) is 21.1. The van der Waals surface area contributed by atoms with Gasteiger partial charge in [0.1, 0.15) is 0 Å². The number of carboxylic acids is 2. The summed E-state index contributed by atoms with van der Waals surface area (Å²) >= 11 is 3.41. The molecular formula is C24H22BrF6N5O6. The van der Waals surface area contributed by atoms with Crippen LogP contribution >= 0.6 is 15.9 Å². The van der Waals surface area contributed by atoms with Gasteiger partial charge in [0.05, 0.1) is 12.0 Å². The molecule has 1 fully saturated rings. The number of amides is 1. The molecule has 3 aromatic rings. The molecule has 4 rings (SSSR count). The van der Waals surface area contributed by atoms with Crippen LogP contribution in [0.25, 0.3) is 11.4 Å². The fourth-order valence-electron chi connectivity index (χ4n) is 3.38. The number of hydrogen-bond donors (Lipinski definition) is 3. The molecular weight excluding hydrogens is 648 g/mol. The average molecular weight is 670 g/mol. The zero-order chi connectivity index (χ0) is 31.7. The van der Waals surface area contributed by atoms with Crippen molar-refractivity contribution in [3.05, 3.63) is 64.7 Å². The SMILES string of the molecule is N[C@H](Cc1ccc(Br)cc1)C(=O)N1CCC(c2nc(-c3ccncc3)no2)C1.O=C(O)C(F)(F)F.O=C(O)C(F)(F)F. The van der Waals surface area contributed by atoms with Crippen LogP contribution in [0.3, 0.4) is 0 Å². The lowest BCUT2D eigenvalue weighted by molar-refractivity contribution is -0.193. The topological polar surface area (TPSA) is 173 Å². The second kappa shape index (κ2) is 14.7. The number of benzene rings is 1. The summed E-state index contributed by atoms with van der Waals surface area (Å²) in [6, 6.07) is 11.0. The van der Waals surface area contributed by atoms with Crippen LogP contribution in [0.15, 0.2) is 57.8 Å². The molecule has 11 nitrogen and oxygen atoms in total. The first-order valence-electron chi connectivity index (χ1n) is 11.6. The van der Waals surface area contributed by atoms with Crippen LogP contribution in [-0.4, -0.2) is 79.6 Å². The molecule has 18 heteroatoms. The number of nitrogens with zero attached hydrogens (tertiary/aromatic N) is 4. The van der Waals surface area contributed by atoms with Crippen molar-refractivity contribution < 1.29 is 55.5 Å². The molecule has 1 unspecified atom stereocenters. The summed E-state index contributed by atoms with van der Waals surface area (Å²) in [5.41, 5.74) is 8.07. The number of likely N-dealkylation sites (tertiary alicyclic amines) is 1. The van der Waals surface area contributed by atoms with Crippen LogP contribution in [0.4, 0.5) is 26.3 Å². The standard InChI is InChI=1S/C20H20BrN5O2.2C2HF3O2/c21-16-3-1-13(2-4-16)11-17(22)20(27)26-10-7-15(12-26)19-24-18(25-28-19)14-5-8-23-9-6-14;2*3-2(4,5)1(6)7/h1-6,8-9,15,17H,7,10-12,22H2;2*(H,6,7)/t15?,17-;;/m1../s1. The number of pyridine rings is 1. The molecule has 228 valence electrons. The van der Waals surface area contributed by atoms with Crippen molar-refractivity contribution in [1.29, 1.82) is 0 Å². The Balaban J connectivity index is 0.000000367. The Morgan fingerprint density at radius 2 is 1.52 bits per heavy atom. The molecule has 0 spiro atoms. The molecule has 4 N–H and O–H groups in total. The van der Waals surface area contributed by atoms with Gasteiger partial charge in [0.2, 0.25) is 17.6 Å². The first-order chi connectivity index (χ1) is 19.5. The predicted molar refractivity (Wildman–Crippen MR) is 135 cm³/mol. The number of carbonyl (C=O) groups excluding carboxylic acids is 1. The summed E-state index contributed by atoms with van der Waals surface area (Å²) in [6.45, 7) is 1.19. The van der Waals surface area contributed by atoms with E-state index >= 15 is 0 Å². The Morgan fingerprint density at radius 1 is 1.00 bits per heavy atom. The summed E-state index contributed by atoms with van der Waals surface area (Å²) in [5.74, 6) is -4.43. The summed E-state index contributed by atoms with van der Waals surface area (Å²) in [5, 5.41) is 18.3. The molecule has 0 aliphatic carbocycles. The highest BCUT2D eigenvalue weighted by Gasteiger charge is 2.39. The lowest BCUT2D eigenvalue weighted by atomic mass is 10.1. The Kier molecular flexibility index (Phi) is 12.0. The van der Waals surface area contributed by atoms with E-state index in [0.717, 1.165) is 22.0 Å². The third kappa shape index (κ3) is 10.7. The van der Waals surface area contributed by atoms with Crippen molar-refractivity contribution in [3.8, 4) is 11.4 Å². The maximum atomic E-state index is 12.7. The van der Waals surface area contributed by atoms with Gasteiger partial charge in [0.15, 0.2) is 0 Å². The van der Waals surface area contributed by atoms with E-state index in [2.05, 4.69) is 31.1 Å². The van der Waals surface area contributed by atoms with Gasteiger partial charge in [-0.2, -0.15) is 31.3 Å². The van der Waals surface area contributed by atoms with E-state index in [1.54, 1.807) is 17.3 Å². The van der Waals surface area contributed by atoms with Crippen molar-refractivity contribution in [2.24, 2.45) is 5.73 Å². The third-order valence-electron chi connectivity index (χ3n) is 5.40. The molecule has 0 saturated carbocycles. The minimum absolute atomic E-state index is 0.0342. The largest absolute Gasteiger partial charge is 0.490 e. The van der Waals surface area contributed by atoms with Crippen molar-refractivity contribution in [3.63, 3.8) is 0 Å². The van der Waals surface area contributed by atoms with Crippen molar-refractivity contribution in [1.82, 2.24) is 20.0 Å². The van der Waals surface area contributed by atoms with Crippen LogP contribution in [0.2, 0.25) is 0 Å². The fraction of sp³-hybridized carbons (Fsp3) is 0.333. The number of halogens is 7. The molecule has 42 heavy (non-hydrogen) atoms. The van der Waals surface area contributed by atoms with E-state index in [1.807, 2.05) is 36.4 Å². The van der Waals surface area contributed by atoms with Crippen LogP contribution < -0.4 is 5.73 Å². The summed E-state index contributed by atoms with van der Waals surface area (Å²) in [7, 11) is 0. The normalized spacial score (nSPS) is 15.5. The maximum absolute atomic E-state index is 12.7. The fourth-order valence-corrected chi connectivity index (χ4v) is 3.64. The minimum atomic E-state index is -5.08. The maximum Gasteiger partial charge on any atom is 0.490 e. The van der Waals surface area contributed by atoms with Crippen LogP contribution in [0, 0.1) is 0 Å². The van der Waals surface area contributed by atoms with E-state index in [1.165, 1.54) is 0 Å². The highest BCUT2D eigenvalue weighted by atomic mass is 79.9. The first-order valence-corrected chi connectivity index (χ1v) is 12.4. The Hall–Kier alpha value is -4.06. The summed E-state index contributed by atoms with van der Waals surface area (Å²) in [4.78, 5) is 40.8. The molecule has 3 heterocycles. The average Bonchev–Trinajstić information content (AvgIpc) is 3.60. The van der Waals surface area contributed by atoms with E-state index < -0.39 is 30.3 Å². The monoisotopic (exact) mass is 669 g/mol. The van der Waals surface area contributed by atoms with Gasteiger partial charge in [-0.25, -0.2) is 9.59 Å². The van der Waals surface area contributed by atoms with Gasteiger partial charge in [-0.1, -0.05) is 33.2 Å². The van der Waals surface area contributed by atoms with Crippen LogP contribution in [0.5, 0.6) is 0 Å². The van der Waals surface area contributed by atoms with Gasteiger partial charge in [-0.15, -0.1) is 0 Å². The number of alkyl halides is 6. The summed E-state index contributed by atoms with van der Waals surface area (Å²) < 4.78 is 69.9. The van der Waals surface area contributed by atoms with E-state index in [-0.39, 0.29) is 11.8 Å². The second-order valence-corrected chi connectivity index (χ2v) is 9.42. The minimum Gasteiger partial charge on any atom is -0.475 e. The van der Waals surface area contributed by atoms with Crippen molar-refractivity contribution >= 4 is 33.8 Å². The number of aromatic nitrogens is 3. The molecule has 2 aromatic heterocycles. The van der Waals surface area contributed by atoms with E-state index in [4.69, 9.17) is 30.1 Å². The molecule has 0 bridgehead atoms. The number of hydrogen-bond acceptors (Lipinski definition) is 8. The molecule has 2 atom stereocenters. The van der Waals surface area contributed by atoms with Gasteiger partial charge in [-0.05, 0) is 42.7 Å². The third-order valence-corrected chi connectivity index (χ3v) is 5.93. The predicted octanol–water partition coefficient (Wildman–Crippen LogP) is 4.05. The lowest BCUT2D eigenvalue weighted by Crippen LogP contribution is -2.43. The Bertz CT molecular complexity index is 1310. The van der Waals surface area contributed by atoms with Gasteiger partial charge >= 0.3 is 24.3 Å². The Morgan fingerprint density at radius 3 is 2.02 bits per heavy atom. The molecule has 1 amide bonds. The van der Waals surface area contributed by atoms with Gasteiger partial charge in [0.25, 0.3) is 0 Å². The molecule has 1 aliphatic rings. The Labute approximate surface area is 241 Å². The molecule has 1 aromatic carbocycles. The van der Waals surface area contributed by atoms with E-state index in [0.29, 0.717) is 31.2 Å². The smallest absolute Gasteiger partial charge is 0.475 e. The van der Waals surface area contributed by atoms with E-state index in [9.17, 15) is 31.1 Å². The molecule has 1 aliphatic heterocycles. The second-order valence-electron chi connectivity index (χ2n) is 8.50. The number of nitrogens with two attached hydrogens (primary N) is 1. The first kappa shape index (κ1) is 34.1. The highest BCUT2D eigenvalue weighted by Crippen LogP contribution is 2.28. The highest BCUT2D eigenvalue weighted by molar-refractivity contribution is 9.10. The number of carbonyl (C=O) groups is 3. The quantitative estimate of drug-likeness (QED) is 0.337. The molecule has 1 saturated heterocycles. The van der Waals surface area contributed by atoms with Gasteiger partial charge in [-0.3, -0.25) is 9.78 Å². The number of carboxylic acid groups (broad SMARTS) is 2.